The molecule has 0 aliphatic rings. The first-order valence-electron chi connectivity index (χ1n) is 7.34. The predicted octanol–water partition coefficient (Wildman–Crippen LogP) is 3.66. The van der Waals surface area contributed by atoms with Gasteiger partial charge in [-0.2, -0.15) is 0 Å². The normalized spacial score (nSPS) is 11.4. The van der Waals surface area contributed by atoms with E-state index in [9.17, 15) is 0 Å². The summed E-state index contributed by atoms with van der Waals surface area (Å²) in [4.78, 5) is 13.2. The second kappa shape index (κ2) is 6.85. The summed E-state index contributed by atoms with van der Waals surface area (Å²) in [7, 11) is 0. The lowest BCUT2D eigenvalue weighted by Gasteiger charge is -2.26. The van der Waals surface area contributed by atoms with Gasteiger partial charge in [0.05, 0.1) is 5.54 Å². The standard InChI is InChI=1S/C15H23N5S/c1-5-7-11-12(16-6-2)18-10-19-13(11)20-15(3,4)14-17-8-9-21-14/h8-10H,5-7H2,1-4H3,(H2,16,18,19,20). The van der Waals surface area contributed by atoms with Crippen molar-refractivity contribution in [1.82, 2.24) is 15.0 Å². The summed E-state index contributed by atoms with van der Waals surface area (Å²) in [5.41, 5.74) is 0.889. The summed E-state index contributed by atoms with van der Waals surface area (Å²) in [6, 6.07) is 0. The first-order valence-corrected chi connectivity index (χ1v) is 8.22. The summed E-state index contributed by atoms with van der Waals surface area (Å²) >= 11 is 1.65. The van der Waals surface area contributed by atoms with Crippen LogP contribution in [0.4, 0.5) is 11.6 Å². The zero-order valence-corrected chi connectivity index (χ0v) is 13.9. The van der Waals surface area contributed by atoms with Crippen molar-refractivity contribution in [3.63, 3.8) is 0 Å². The summed E-state index contributed by atoms with van der Waals surface area (Å²) in [6.07, 6.45) is 5.44. The van der Waals surface area contributed by atoms with Crippen LogP contribution in [-0.4, -0.2) is 21.5 Å². The molecule has 0 saturated carbocycles. The fraction of sp³-hybridized carbons (Fsp3) is 0.533. The van der Waals surface area contributed by atoms with E-state index in [4.69, 9.17) is 0 Å². The topological polar surface area (TPSA) is 62.7 Å². The molecule has 2 heterocycles. The molecule has 0 spiro atoms. The molecule has 0 bridgehead atoms. The van der Waals surface area contributed by atoms with Gasteiger partial charge in [0.2, 0.25) is 0 Å². The maximum atomic E-state index is 4.45. The lowest BCUT2D eigenvalue weighted by atomic mass is 10.1. The Labute approximate surface area is 130 Å². The molecular weight excluding hydrogens is 282 g/mol. The average molecular weight is 305 g/mol. The van der Waals surface area contributed by atoms with Gasteiger partial charge in [-0.3, -0.25) is 0 Å². The molecule has 2 rings (SSSR count). The van der Waals surface area contributed by atoms with E-state index in [-0.39, 0.29) is 5.54 Å². The molecule has 0 aromatic carbocycles. The van der Waals surface area contributed by atoms with E-state index in [0.717, 1.165) is 41.6 Å². The Bertz CT molecular complexity index is 565. The summed E-state index contributed by atoms with van der Waals surface area (Å²) in [5.74, 6) is 1.81. The lowest BCUT2D eigenvalue weighted by Crippen LogP contribution is -2.29. The number of nitrogens with zero attached hydrogens (tertiary/aromatic N) is 3. The Morgan fingerprint density at radius 1 is 1.14 bits per heavy atom. The van der Waals surface area contributed by atoms with E-state index in [0.29, 0.717) is 0 Å². The van der Waals surface area contributed by atoms with Crippen LogP contribution >= 0.6 is 11.3 Å². The molecule has 0 amide bonds. The van der Waals surface area contributed by atoms with Crippen molar-refractivity contribution >= 4 is 23.0 Å². The van der Waals surface area contributed by atoms with Crippen LogP contribution in [-0.2, 0) is 12.0 Å². The fourth-order valence-corrected chi connectivity index (χ4v) is 2.93. The van der Waals surface area contributed by atoms with Crippen LogP contribution in [0.1, 0.15) is 44.7 Å². The molecule has 0 aliphatic heterocycles. The van der Waals surface area contributed by atoms with Gasteiger partial charge in [0, 0.05) is 23.7 Å². The maximum Gasteiger partial charge on any atom is 0.135 e. The molecule has 2 N–H and O–H groups in total. The number of thiazole rings is 1. The molecule has 0 unspecified atom stereocenters. The Morgan fingerprint density at radius 3 is 2.52 bits per heavy atom. The molecule has 0 radical (unpaired) electrons. The molecule has 114 valence electrons. The maximum absolute atomic E-state index is 4.45. The van der Waals surface area contributed by atoms with Gasteiger partial charge in [0.15, 0.2) is 0 Å². The van der Waals surface area contributed by atoms with Gasteiger partial charge >= 0.3 is 0 Å². The molecule has 21 heavy (non-hydrogen) atoms. The summed E-state index contributed by atoms with van der Waals surface area (Å²) in [6.45, 7) is 9.33. The highest BCUT2D eigenvalue weighted by molar-refractivity contribution is 7.09. The number of rotatable bonds is 7. The Balaban J connectivity index is 2.32. The summed E-state index contributed by atoms with van der Waals surface area (Å²) < 4.78 is 0. The second-order valence-corrected chi connectivity index (χ2v) is 6.31. The molecule has 0 fully saturated rings. The highest BCUT2D eigenvalue weighted by atomic mass is 32.1. The molecule has 0 atom stereocenters. The van der Waals surface area contributed by atoms with E-state index in [1.165, 1.54) is 0 Å². The predicted molar refractivity (Wildman–Crippen MR) is 89.0 cm³/mol. The van der Waals surface area contributed by atoms with Gasteiger partial charge in [-0.05, 0) is 27.2 Å². The van der Waals surface area contributed by atoms with Gasteiger partial charge in [0.25, 0.3) is 0 Å². The van der Waals surface area contributed by atoms with E-state index in [2.05, 4.69) is 53.3 Å². The molecule has 0 aliphatic carbocycles. The van der Waals surface area contributed by atoms with Crippen molar-refractivity contribution in [2.24, 2.45) is 0 Å². The highest BCUT2D eigenvalue weighted by Crippen LogP contribution is 2.30. The average Bonchev–Trinajstić information content (AvgIpc) is 2.97. The Morgan fingerprint density at radius 2 is 1.90 bits per heavy atom. The monoisotopic (exact) mass is 305 g/mol. The first-order chi connectivity index (χ1) is 10.1. The van der Waals surface area contributed by atoms with Gasteiger partial charge < -0.3 is 10.6 Å². The number of aromatic nitrogens is 3. The number of hydrogen-bond donors (Lipinski definition) is 2. The molecular formula is C15H23N5S. The second-order valence-electron chi connectivity index (χ2n) is 5.42. The van der Waals surface area contributed by atoms with Crippen molar-refractivity contribution in [2.75, 3.05) is 17.2 Å². The Hall–Kier alpha value is -1.69. The third-order valence-corrected chi connectivity index (χ3v) is 4.28. The smallest absolute Gasteiger partial charge is 0.135 e. The van der Waals surface area contributed by atoms with E-state index >= 15 is 0 Å². The number of nitrogens with one attached hydrogen (secondary N) is 2. The minimum Gasteiger partial charge on any atom is -0.370 e. The number of hydrogen-bond acceptors (Lipinski definition) is 6. The fourth-order valence-electron chi connectivity index (χ4n) is 2.21. The van der Waals surface area contributed by atoms with Gasteiger partial charge in [-0.25, -0.2) is 15.0 Å². The van der Waals surface area contributed by atoms with Gasteiger partial charge in [-0.15, -0.1) is 11.3 Å². The SMILES string of the molecule is CCCc1c(NCC)ncnc1NC(C)(C)c1nccs1. The zero-order chi connectivity index (χ0) is 15.3. The van der Waals surface area contributed by atoms with Crippen LogP contribution in [0.15, 0.2) is 17.9 Å². The molecule has 2 aromatic heterocycles. The summed E-state index contributed by atoms with van der Waals surface area (Å²) in [5, 5.41) is 9.89. The van der Waals surface area contributed by atoms with Crippen LogP contribution in [0, 0.1) is 0 Å². The van der Waals surface area contributed by atoms with E-state index in [1.54, 1.807) is 17.7 Å². The molecule has 2 aromatic rings. The zero-order valence-electron chi connectivity index (χ0n) is 13.1. The van der Waals surface area contributed by atoms with Crippen molar-refractivity contribution in [1.29, 1.82) is 0 Å². The number of anilines is 2. The van der Waals surface area contributed by atoms with Gasteiger partial charge in [0.1, 0.15) is 23.0 Å². The third kappa shape index (κ3) is 3.69. The van der Waals surface area contributed by atoms with Crippen LogP contribution < -0.4 is 10.6 Å². The van der Waals surface area contributed by atoms with E-state index in [1.807, 2.05) is 11.6 Å². The van der Waals surface area contributed by atoms with Crippen molar-refractivity contribution in [2.45, 2.75) is 46.1 Å². The lowest BCUT2D eigenvalue weighted by molar-refractivity contribution is 0.599. The molecule has 5 nitrogen and oxygen atoms in total. The minimum atomic E-state index is -0.255. The quantitative estimate of drug-likeness (QED) is 0.817. The largest absolute Gasteiger partial charge is 0.370 e. The molecule has 0 saturated heterocycles. The highest BCUT2D eigenvalue weighted by Gasteiger charge is 2.25. The first kappa shape index (κ1) is 15.7. The van der Waals surface area contributed by atoms with E-state index < -0.39 is 0 Å². The van der Waals surface area contributed by atoms with Crippen LogP contribution in [0.25, 0.3) is 0 Å². The van der Waals surface area contributed by atoms with Crippen LogP contribution in [0.2, 0.25) is 0 Å². The minimum absolute atomic E-state index is 0.255. The van der Waals surface area contributed by atoms with Crippen molar-refractivity contribution in [3.05, 3.63) is 28.5 Å². The van der Waals surface area contributed by atoms with Crippen LogP contribution in [0.5, 0.6) is 0 Å². The Kier molecular flexibility index (Phi) is 5.12. The molecule has 6 heteroatoms. The van der Waals surface area contributed by atoms with Crippen molar-refractivity contribution in [3.8, 4) is 0 Å². The third-order valence-electron chi connectivity index (χ3n) is 3.19. The van der Waals surface area contributed by atoms with Gasteiger partial charge in [-0.1, -0.05) is 13.3 Å². The van der Waals surface area contributed by atoms with Crippen molar-refractivity contribution < 1.29 is 0 Å². The van der Waals surface area contributed by atoms with Crippen LogP contribution in [0.3, 0.4) is 0 Å².